The summed E-state index contributed by atoms with van der Waals surface area (Å²) in [5, 5.41) is 3.43. The Bertz CT molecular complexity index is 895. The van der Waals surface area contributed by atoms with Gasteiger partial charge in [-0.25, -0.2) is 4.79 Å². The number of nitrogens with one attached hydrogen (secondary N) is 1. The zero-order valence-corrected chi connectivity index (χ0v) is 20.4. The van der Waals surface area contributed by atoms with Crippen LogP contribution in [-0.2, 0) is 20.9 Å². The number of hydrogen-bond acceptors (Lipinski definition) is 6. The summed E-state index contributed by atoms with van der Waals surface area (Å²) in [6.45, 7) is 5.34. The Balaban J connectivity index is 1.56. The third-order valence-corrected chi connectivity index (χ3v) is 6.09. The largest absolute Gasteiger partial charge is 0.466 e. The van der Waals surface area contributed by atoms with E-state index < -0.39 is 0 Å². The molecule has 0 aliphatic carbocycles. The van der Waals surface area contributed by atoms with Crippen molar-refractivity contribution in [3.05, 3.63) is 59.7 Å². The average Bonchev–Trinajstić information content (AvgIpc) is 2.88. The van der Waals surface area contributed by atoms with Gasteiger partial charge in [-0.15, -0.1) is 0 Å². The maximum atomic E-state index is 13.0. The second-order valence-corrected chi connectivity index (χ2v) is 8.74. The molecule has 0 aromatic heterocycles. The zero-order valence-electron chi connectivity index (χ0n) is 20.4. The van der Waals surface area contributed by atoms with Crippen LogP contribution >= 0.6 is 0 Å². The number of benzene rings is 2. The van der Waals surface area contributed by atoms with E-state index in [-0.39, 0.29) is 18.5 Å². The summed E-state index contributed by atoms with van der Waals surface area (Å²) in [5.74, 6) is -0.423. The molecule has 1 aliphatic heterocycles. The van der Waals surface area contributed by atoms with Gasteiger partial charge in [0.1, 0.15) is 6.61 Å². The number of carbonyl (C=O) groups excluding carboxylic acids is 2. The van der Waals surface area contributed by atoms with Crippen molar-refractivity contribution in [2.45, 2.75) is 64.9 Å². The molecule has 1 saturated heterocycles. The number of piperidine rings is 1. The summed E-state index contributed by atoms with van der Waals surface area (Å²) in [4.78, 5) is 26.8. The minimum absolute atomic E-state index is 0.118. The highest BCUT2D eigenvalue weighted by Gasteiger charge is 2.18. The Morgan fingerprint density at radius 2 is 1.68 bits per heavy atom. The Hall–Kier alpha value is -3.02. The first-order chi connectivity index (χ1) is 16.7. The Labute approximate surface area is 203 Å². The maximum absolute atomic E-state index is 13.0. The number of carbonyl (C=O) groups is 2. The first-order valence-corrected chi connectivity index (χ1v) is 12.7. The monoisotopic (exact) mass is 466 g/mol. The number of anilines is 2. The molecule has 1 fully saturated rings. The Morgan fingerprint density at radius 3 is 2.44 bits per heavy atom. The van der Waals surface area contributed by atoms with Gasteiger partial charge in [-0.2, -0.15) is 0 Å². The molecule has 6 heteroatoms. The molecule has 1 heterocycles. The Morgan fingerprint density at radius 1 is 0.912 bits per heavy atom. The number of esters is 2. The van der Waals surface area contributed by atoms with Crippen LogP contribution < -0.4 is 10.2 Å². The lowest BCUT2D eigenvalue weighted by atomic mass is 10.1. The van der Waals surface area contributed by atoms with Gasteiger partial charge in [0.25, 0.3) is 0 Å². The van der Waals surface area contributed by atoms with Crippen LogP contribution in [0.4, 0.5) is 11.4 Å². The number of rotatable bonds is 13. The first-order valence-electron chi connectivity index (χ1n) is 12.7. The molecule has 184 valence electrons. The van der Waals surface area contributed by atoms with E-state index in [1.165, 1.54) is 19.3 Å². The number of unbranched alkanes of at least 4 members (excludes halogenated alkanes) is 3. The summed E-state index contributed by atoms with van der Waals surface area (Å²) in [6.07, 6.45) is 7.94. The van der Waals surface area contributed by atoms with E-state index in [2.05, 4.69) is 16.3 Å². The summed E-state index contributed by atoms with van der Waals surface area (Å²) >= 11 is 0. The predicted octanol–water partition coefficient (Wildman–Crippen LogP) is 5.96. The fourth-order valence-electron chi connectivity index (χ4n) is 4.21. The molecule has 2 aromatic carbocycles. The molecule has 0 atom stereocenters. The summed E-state index contributed by atoms with van der Waals surface area (Å²) in [5.41, 5.74) is 3.45. The van der Waals surface area contributed by atoms with Gasteiger partial charge in [-0.3, -0.25) is 4.79 Å². The molecule has 0 spiro atoms. The molecule has 0 amide bonds. The van der Waals surface area contributed by atoms with Gasteiger partial charge >= 0.3 is 11.9 Å². The highest BCUT2D eigenvalue weighted by atomic mass is 16.5. The van der Waals surface area contributed by atoms with Crippen molar-refractivity contribution in [2.24, 2.45) is 0 Å². The minimum Gasteiger partial charge on any atom is -0.466 e. The van der Waals surface area contributed by atoms with Crippen LogP contribution in [0.15, 0.2) is 48.5 Å². The van der Waals surface area contributed by atoms with Crippen molar-refractivity contribution in [1.82, 2.24) is 0 Å². The highest BCUT2D eigenvalue weighted by Crippen LogP contribution is 2.27. The highest BCUT2D eigenvalue weighted by molar-refractivity contribution is 5.97. The number of hydrogen-bond donors (Lipinski definition) is 1. The molecule has 34 heavy (non-hydrogen) atoms. The molecular formula is C28H38N2O4. The minimum atomic E-state index is -0.306. The van der Waals surface area contributed by atoms with Crippen molar-refractivity contribution in [3.63, 3.8) is 0 Å². The molecule has 0 radical (unpaired) electrons. The molecule has 3 rings (SSSR count). The van der Waals surface area contributed by atoms with Gasteiger partial charge in [0.15, 0.2) is 0 Å². The SMILES string of the molecule is CCOC(=O)CCCCCCNc1ccc(N2CCCCC2)cc1C(=O)OCc1ccccc1. The molecule has 6 nitrogen and oxygen atoms in total. The molecule has 0 unspecified atom stereocenters. The quantitative estimate of drug-likeness (QED) is 0.290. The third kappa shape index (κ3) is 8.40. The lowest BCUT2D eigenvalue weighted by molar-refractivity contribution is -0.143. The van der Waals surface area contributed by atoms with Crippen LogP contribution in [0.2, 0.25) is 0 Å². The molecule has 0 bridgehead atoms. The van der Waals surface area contributed by atoms with Gasteiger partial charge < -0.3 is 19.7 Å². The third-order valence-electron chi connectivity index (χ3n) is 6.09. The van der Waals surface area contributed by atoms with Crippen LogP contribution in [0.3, 0.4) is 0 Å². The van der Waals surface area contributed by atoms with E-state index in [9.17, 15) is 9.59 Å². The topological polar surface area (TPSA) is 67.9 Å². The van der Waals surface area contributed by atoms with Crippen LogP contribution in [0.25, 0.3) is 0 Å². The molecule has 1 aliphatic rings. The van der Waals surface area contributed by atoms with Crippen molar-refractivity contribution >= 4 is 23.3 Å². The first kappa shape index (κ1) is 25.6. The van der Waals surface area contributed by atoms with E-state index in [4.69, 9.17) is 9.47 Å². The standard InChI is InChI=1S/C28H38N2O4/c1-2-33-27(31)15-9-3-4-10-18-29-26-17-16-24(30-19-11-6-12-20-30)21-25(26)28(32)34-22-23-13-7-5-8-14-23/h5,7-8,13-14,16-17,21,29H,2-4,6,9-12,15,18-20,22H2,1H3. The summed E-state index contributed by atoms with van der Waals surface area (Å²) in [7, 11) is 0. The van der Waals surface area contributed by atoms with Gasteiger partial charge in [0.2, 0.25) is 0 Å². The maximum Gasteiger partial charge on any atom is 0.340 e. The van der Waals surface area contributed by atoms with Crippen molar-refractivity contribution in [2.75, 3.05) is 36.5 Å². The van der Waals surface area contributed by atoms with E-state index >= 15 is 0 Å². The summed E-state index contributed by atoms with van der Waals surface area (Å²) < 4.78 is 10.6. The number of ether oxygens (including phenoxy) is 2. The van der Waals surface area contributed by atoms with Gasteiger partial charge in [-0.05, 0) is 62.8 Å². The van der Waals surface area contributed by atoms with E-state index in [1.807, 2.05) is 49.4 Å². The zero-order chi connectivity index (χ0) is 24.0. The normalized spacial score (nSPS) is 13.4. The van der Waals surface area contributed by atoms with E-state index in [1.54, 1.807) is 0 Å². The van der Waals surface area contributed by atoms with Crippen LogP contribution in [0, 0.1) is 0 Å². The molecule has 2 aromatic rings. The predicted molar refractivity (Wildman–Crippen MR) is 136 cm³/mol. The van der Waals surface area contributed by atoms with E-state index in [0.717, 1.165) is 62.3 Å². The fourth-order valence-corrected chi connectivity index (χ4v) is 4.21. The second kappa shape index (κ2) is 14.3. The molecular weight excluding hydrogens is 428 g/mol. The van der Waals surface area contributed by atoms with Gasteiger partial charge in [-0.1, -0.05) is 43.2 Å². The van der Waals surface area contributed by atoms with Crippen molar-refractivity contribution in [1.29, 1.82) is 0 Å². The smallest absolute Gasteiger partial charge is 0.340 e. The van der Waals surface area contributed by atoms with Crippen LogP contribution in [-0.4, -0.2) is 38.2 Å². The average molecular weight is 467 g/mol. The van der Waals surface area contributed by atoms with E-state index in [0.29, 0.717) is 18.6 Å². The van der Waals surface area contributed by atoms with Crippen LogP contribution in [0.5, 0.6) is 0 Å². The second-order valence-electron chi connectivity index (χ2n) is 8.74. The summed E-state index contributed by atoms with van der Waals surface area (Å²) in [6, 6.07) is 15.8. The number of nitrogens with zero attached hydrogens (tertiary/aromatic N) is 1. The van der Waals surface area contributed by atoms with Gasteiger partial charge in [0.05, 0.1) is 12.2 Å². The molecule has 1 N–H and O–H groups in total. The Kier molecular flexibility index (Phi) is 10.8. The lowest BCUT2D eigenvalue weighted by Crippen LogP contribution is -2.29. The fraction of sp³-hybridized carbons (Fsp3) is 0.500. The lowest BCUT2D eigenvalue weighted by Gasteiger charge is -2.29. The van der Waals surface area contributed by atoms with Crippen molar-refractivity contribution < 1.29 is 19.1 Å². The molecule has 0 saturated carbocycles. The van der Waals surface area contributed by atoms with Crippen molar-refractivity contribution in [3.8, 4) is 0 Å². The van der Waals surface area contributed by atoms with Crippen LogP contribution in [0.1, 0.15) is 74.2 Å². The van der Waals surface area contributed by atoms with Gasteiger partial charge in [0, 0.05) is 37.4 Å².